The van der Waals surface area contributed by atoms with Crippen LogP contribution in [-0.2, 0) is 17.4 Å². The van der Waals surface area contributed by atoms with Crippen molar-refractivity contribution in [2.75, 3.05) is 12.4 Å². The molecule has 29 heavy (non-hydrogen) atoms. The molecular formula is C20H18F3N3O3. The Hall–Kier alpha value is -3.36. The Morgan fingerprint density at radius 1 is 1.17 bits per heavy atom. The summed E-state index contributed by atoms with van der Waals surface area (Å²) in [6.45, 7) is 0. The van der Waals surface area contributed by atoms with E-state index in [2.05, 4.69) is 15.5 Å². The van der Waals surface area contributed by atoms with Gasteiger partial charge in [0.1, 0.15) is 5.75 Å². The number of nitrogens with one attached hydrogen (secondary N) is 1. The Morgan fingerprint density at radius 3 is 2.62 bits per heavy atom. The number of aryl methyl sites for hydroxylation is 1. The molecule has 0 radical (unpaired) electrons. The lowest BCUT2D eigenvalue weighted by Gasteiger charge is -2.09. The zero-order chi connectivity index (χ0) is 20.9. The number of anilines is 1. The number of methoxy groups -OCH3 is 1. The molecule has 0 saturated carbocycles. The molecule has 1 amide bonds. The summed E-state index contributed by atoms with van der Waals surface area (Å²) in [6.07, 6.45) is -3.56. The van der Waals surface area contributed by atoms with Crippen LogP contribution >= 0.6 is 0 Å². The molecule has 1 heterocycles. The van der Waals surface area contributed by atoms with Crippen molar-refractivity contribution in [1.82, 2.24) is 10.1 Å². The lowest BCUT2D eigenvalue weighted by Crippen LogP contribution is -2.13. The molecule has 0 saturated heterocycles. The van der Waals surface area contributed by atoms with Gasteiger partial charge in [-0.25, -0.2) is 0 Å². The summed E-state index contributed by atoms with van der Waals surface area (Å²) in [5.74, 6) is 1.13. The smallest absolute Gasteiger partial charge is 0.416 e. The zero-order valence-corrected chi connectivity index (χ0v) is 15.5. The molecule has 152 valence electrons. The highest BCUT2D eigenvalue weighted by Gasteiger charge is 2.30. The first kappa shape index (κ1) is 20.4. The standard InChI is InChI=1S/C20H18F3N3O3/c1-28-16-10-8-13(9-11-16)19-25-18(29-26-19)7-3-6-17(27)24-15-5-2-4-14(12-15)20(21,22)23/h2,4-5,8-12H,3,6-7H2,1H3,(H,24,27). The number of rotatable bonds is 7. The average Bonchev–Trinajstić information content (AvgIpc) is 3.16. The molecule has 3 rings (SSSR count). The lowest BCUT2D eigenvalue weighted by molar-refractivity contribution is -0.137. The fourth-order valence-electron chi connectivity index (χ4n) is 2.61. The van der Waals surface area contributed by atoms with Gasteiger partial charge in [0.2, 0.25) is 17.6 Å². The van der Waals surface area contributed by atoms with Gasteiger partial charge in [-0.15, -0.1) is 0 Å². The van der Waals surface area contributed by atoms with Gasteiger partial charge in [0, 0.05) is 24.1 Å². The Kier molecular flexibility index (Phi) is 6.16. The van der Waals surface area contributed by atoms with Crippen LogP contribution in [0.5, 0.6) is 5.75 Å². The minimum atomic E-state index is -4.46. The van der Waals surface area contributed by atoms with Crippen molar-refractivity contribution in [1.29, 1.82) is 0 Å². The second-order valence-electron chi connectivity index (χ2n) is 6.22. The van der Waals surface area contributed by atoms with Crippen molar-refractivity contribution in [2.45, 2.75) is 25.4 Å². The Morgan fingerprint density at radius 2 is 1.93 bits per heavy atom. The van der Waals surface area contributed by atoms with Gasteiger partial charge in [0.05, 0.1) is 12.7 Å². The first-order valence-corrected chi connectivity index (χ1v) is 8.79. The van der Waals surface area contributed by atoms with E-state index in [4.69, 9.17) is 9.26 Å². The Balaban J connectivity index is 1.50. The van der Waals surface area contributed by atoms with Crippen molar-refractivity contribution in [3.05, 3.63) is 60.0 Å². The first-order valence-electron chi connectivity index (χ1n) is 8.79. The summed E-state index contributed by atoms with van der Waals surface area (Å²) < 4.78 is 48.4. The van der Waals surface area contributed by atoms with Crippen LogP contribution in [-0.4, -0.2) is 23.2 Å². The molecule has 0 aliphatic rings. The number of ether oxygens (including phenoxy) is 1. The second-order valence-corrected chi connectivity index (χ2v) is 6.22. The maximum atomic E-state index is 12.7. The van der Waals surface area contributed by atoms with Gasteiger partial charge in [0.15, 0.2) is 0 Å². The Bertz CT molecular complexity index is 969. The maximum absolute atomic E-state index is 12.7. The van der Waals surface area contributed by atoms with E-state index in [9.17, 15) is 18.0 Å². The van der Waals surface area contributed by atoms with E-state index in [1.165, 1.54) is 12.1 Å². The second kappa shape index (κ2) is 8.76. The van der Waals surface area contributed by atoms with Crippen molar-refractivity contribution >= 4 is 11.6 Å². The van der Waals surface area contributed by atoms with Crippen LogP contribution in [0.25, 0.3) is 11.4 Å². The van der Waals surface area contributed by atoms with Crippen LogP contribution in [0.3, 0.4) is 0 Å². The normalized spacial score (nSPS) is 11.3. The average molecular weight is 405 g/mol. The van der Waals surface area contributed by atoms with Gasteiger partial charge in [-0.2, -0.15) is 18.2 Å². The number of carbonyl (C=O) groups excluding carboxylic acids is 1. The summed E-state index contributed by atoms with van der Waals surface area (Å²) in [7, 11) is 1.57. The molecule has 1 aromatic heterocycles. The van der Waals surface area contributed by atoms with Gasteiger partial charge in [-0.3, -0.25) is 4.79 Å². The van der Waals surface area contributed by atoms with Crippen molar-refractivity contribution < 1.29 is 27.2 Å². The van der Waals surface area contributed by atoms with Gasteiger partial charge < -0.3 is 14.6 Å². The molecule has 0 spiro atoms. The summed E-state index contributed by atoms with van der Waals surface area (Å²) >= 11 is 0. The summed E-state index contributed by atoms with van der Waals surface area (Å²) in [5, 5.41) is 6.37. The molecule has 1 N–H and O–H groups in total. The minimum absolute atomic E-state index is 0.101. The monoisotopic (exact) mass is 405 g/mol. The molecule has 9 heteroatoms. The molecule has 3 aromatic rings. The molecule has 2 aromatic carbocycles. The number of amides is 1. The van der Waals surface area contributed by atoms with E-state index in [1.54, 1.807) is 31.4 Å². The molecule has 0 bridgehead atoms. The van der Waals surface area contributed by atoms with Crippen molar-refractivity contribution in [3.8, 4) is 17.1 Å². The van der Waals surface area contributed by atoms with E-state index in [-0.39, 0.29) is 18.0 Å². The largest absolute Gasteiger partial charge is 0.497 e. The van der Waals surface area contributed by atoms with E-state index >= 15 is 0 Å². The summed E-state index contributed by atoms with van der Waals surface area (Å²) in [5.41, 5.74) is 0.0553. The highest BCUT2D eigenvalue weighted by atomic mass is 19.4. The van der Waals surface area contributed by atoms with Crippen LogP contribution < -0.4 is 10.1 Å². The number of carbonyl (C=O) groups is 1. The van der Waals surface area contributed by atoms with Gasteiger partial charge in [-0.1, -0.05) is 11.2 Å². The van der Waals surface area contributed by atoms with E-state index < -0.39 is 11.7 Å². The SMILES string of the molecule is COc1ccc(-c2noc(CCCC(=O)Nc3cccc(C(F)(F)F)c3)n2)cc1. The zero-order valence-electron chi connectivity index (χ0n) is 15.5. The highest BCUT2D eigenvalue weighted by Crippen LogP contribution is 2.30. The maximum Gasteiger partial charge on any atom is 0.416 e. The molecule has 0 unspecified atom stereocenters. The fourth-order valence-corrected chi connectivity index (χ4v) is 2.61. The van der Waals surface area contributed by atoms with E-state index in [0.717, 1.165) is 17.7 Å². The first-order chi connectivity index (χ1) is 13.8. The third kappa shape index (κ3) is 5.56. The van der Waals surface area contributed by atoms with Gasteiger partial charge in [0.25, 0.3) is 0 Å². The quantitative estimate of drug-likeness (QED) is 0.615. The van der Waals surface area contributed by atoms with Gasteiger partial charge in [-0.05, 0) is 48.9 Å². The number of benzene rings is 2. The minimum Gasteiger partial charge on any atom is -0.497 e. The molecule has 0 aliphatic heterocycles. The van der Waals surface area contributed by atoms with E-state index in [1.807, 2.05) is 0 Å². The van der Waals surface area contributed by atoms with Crippen LogP contribution in [0.1, 0.15) is 24.3 Å². The van der Waals surface area contributed by atoms with Crippen LogP contribution in [0.4, 0.5) is 18.9 Å². The lowest BCUT2D eigenvalue weighted by atomic mass is 10.2. The predicted octanol–water partition coefficient (Wildman–Crippen LogP) is 4.73. The molecule has 0 aliphatic carbocycles. The molecule has 0 atom stereocenters. The van der Waals surface area contributed by atoms with Crippen LogP contribution in [0.15, 0.2) is 53.1 Å². The van der Waals surface area contributed by atoms with Crippen LogP contribution in [0, 0.1) is 0 Å². The number of aromatic nitrogens is 2. The highest BCUT2D eigenvalue weighted by molar-refractivity contribution is 5.90. The fraction of sp³-hybridized carbons (Fsp3) is 0.250. The van der Waals surface area contributed by atoms with Crippen molar-refractivity contribution in [3.63, 3.8) is 0 Å². The number of hydrogen-bond acceptors (Lipinski definition) is 5. The third-order valence-electron chi connectivity index (χ3n) is 4.08. The predicted molar refractivity (Wildman–Crippen MR) is 99.3 cm³/mol. The number of hydrogen-bond donors (Lipinski definition) is 1. The van der Waals surface area contributed by atoms with Gasteiger partial charge >= 0.3 is 6.18 Å². The van der Waals surface area contributed by atoms with E-state index in [0.29, 0.717) is 30.3 Å². The summed E-state index contributed by atoms with van der Waals surface area (Å²) in [4.78, 5) is 16.3. The third-order valence-corrected chi connectivity index (χ3v) is 4.08. The van der Waals surface area contributed by atoms with Crippen molar-refractivity contribution in [2.24, 2.45) is 0 Å². The topological polar surface area (TPSA) is 77.2 Å². The number of alkyl halides is 3. The Labute approximate surface area is 164 Å². The number of nitrogens with zero attached hydrogens (tertiary/aromatic N) is 2. The van der Waals surface area contributed by atoms with Crippen LogP contribution in [0.2, 0.25) is 0 Å². The molecule has 6 nitrogen and oxygen atoms in total. The molecular weight excluding hydrogens is 387 g/mol. The molecule has 0 fully saturated rings. The number of halogens is 3. The summed E-state index contributed by atoms with van der Waals surface area (Å²) in [6, 6.07) is 11.7.